The third-order valence-corrected chi connectivity index (χ3v) is 6.93. The Kier molecular flexibility index (Phi) is 5.89. The molecule has 0 amide bonds. The summed E-state index contributed by atoms with van der Waals surface area (Å²) in [7, 11) is -2.21. The number of ether oxygens (including phenoxy) is 2. The summed E-state index contributed by atoms with van der Waals surface area (Å²) >= 11 is 0. The predicted octanol–water partition coefficient (Wildman–Crippen LogP) is 3.34. The van der Waals surface area contributed by atoms with Gasteiger partial charge in [0.2, 0.25) is 10.0 Å². The molecule has 1 aliphatic rings. The molecule has 5 nitrogen and oxygen atoms in total. The van der Waals surface area contributed by atoms with Gasteiger partial charge < -0.3 is 9.47 Å². The quantitative estimate of drug-likeness (QED) is 0.823. The van der Waals surface area contributed by atoms with E-state index in [1.54, 1.807) is 12.1 Å². The zero-order chi connectivity index (χ0) is 19.5. The summed E-state index contributed by atoms with van der Waals surface area (Å²) < 4.78 is 39.8. The molecule has 0 radical (unpaired) electrons. The monoisotopic (exact) mass is 389 g/mol. The number of benzene rings is 2. The molecule has 6 heteroatoms. The number of rotatable bonds is 6. The first-order valence-electron chi connectivity index (χ1n) is 9.16. The van der Waals surface area contributed by atoms with Gasteiger partial charge in [-0.05, 0) is 55.5 Å². The van der Waals surface area contributed by atoms with Gasteiger partial charge in [-0.15, -0.1) is 0 Å². The van der Waals surface area contributed by atoms with Gasteiger partial charge in [-0.3, -0.25) is 0 Å². The van der Waals surface area contributed by atoms with Gasteiger partial charge in [0, 0.05) is 25.2 Å². The smallest absolute Gasteiger partial charge is 0.244 e. The maximum absolute atomic E-state index is 13.1. The lowest BCUT2D eigenvalue weighted by atomic mass is 9.74. The van der Waals surface area contributed by atoms with Crippen LogP contribution in [-0.4, -0.2) is 35.3 Å². The Hall–Kier alpha value is -1.89. The predicted molar refractivity (Wildman–Crippen MR) is 106 cm³/mol. The average molecular weight is 390 g/mol. The molecule has 0 aliphatic carbocycles. The van der Waals surface area contributed by atoms with Crippen molar-refractivity contribution in [2.75, 3.05) is 26.9 Å². The lowest BCUT2D eigenvalue weighted by Crippen LogP contribution is -2.44. The highest BCUT2D eigenvalue weighted by Crippen LogP contribution is 2.35. The molecule has 0 atom stereocenters. The topological polar surface area (TPSA) is 64.6 Å². The van der Waals surface area contributed by atoms with E-state index in [0.717, 1.165) is 29.5 Å². The minimum absolute atomic E-state index is 0.184. The second kappa shape index (κ2) is 8.00. The van der Waals surface area contributed by atoms with Crippen molar-refractivity contribution in [3.63, 3.8) is 0 Å². The van der Waals surface area contributed by atoms with E-state index in [0.29, 0.717) is 25.5 Å². The molecular weight excluding hydrogens is 362 g/mol. The molecule has 0 unspecified atom stereocenters. The fourth-order valence-electron chi connectivity index (χ4n) is 3.56. The maximum Gasteiger partial charge on any atom is 0.244 e. The van der Waals surface area contributed by atoms with Crippen LogP contribution in [0.2, 0.25) is 0 Å². The normalized spacial score (nSPS) is 16.9. The summed E-state index contributed by atoms with van der Waals surface area (Å²) in [5.74, 6) is 0.367. The van der Waals surface area contributed by atoms with E-state index < -0.39 is 10.0 Å². The molecular formula is C21H27NO4S. The Labute approximate surface area is 161 Å². The molecule has 0 saturated carbocycles. The zero-order valence-corrected chi connectivity index (χ0v) is 16.9. The molecule has 0 bridgehead atoms. The van der Waals surface area contributed by atoms with Crippen molar-refractivity contribution < 1.29 is 17.9 Å². The summed E-state index contributed by atoms with van der Waals surface area (Å²) in [6.07, 6.45) is 1.56. The van der Waals surface area contributed by atoms with Gasteiger partial charge in [0.25, 0.3) is 0 Å². The number of hydrogen-bond donors (Lipinski definition) is 1. The number of sulfonamides is 1. The van der Waals surface area contributed by atoms with E-state index in [1.807, 2.05) is 32.0 Å². The van der Waals surface area contributed by atoms with Crippen LogP contribution in [0.3, 0.4) is 0 Å². The first-order valence-corrected chi connectivity index (χ1v) is 10.6. The fourth-order valence-corrected chi connectivity index (χ4v) is 4.93. The Bertz CT molecular complexity index is 888. The lowest BCUT2D eigenvalue weighted by molar-refractivity contribution is 0.0517. The third-order valence-electron chi connectivity index (χ3n) is 5.51. The fraction of sp³-hybridized carbons (Fsp3) is 0.429. The molecule has 1 heterocycles. The molecule has 1 saturated heterocycles. The van der Waals surface area contributed by atoms with Crippen molar-refractivity contribution in [3.8, 4) is 5.75 Å². The highest BCUT2D eigenvalue weighted by atomic mass is 32.2. The SMILES string of the molecule is COc1cc(C)c(C)cc1S(=O)(=O)NCC1(c2ccccc2)CCOCC1. The summed E-state index contributed by atoms with van der Waals surface area (Å²) in [5.41, 5.74) is 2.79. The number of methoxy groups -OCH3 is 1. The van der Waals surface area contributed by atoms with Crippen molar-refractivity contribution in [1.82, 2.24) is 4.72 Å². The summed E-state index contributed by atoms with van der Waals surface area (Å²) in [6, 6.07) is 13.5. The lowest BCUT2D eigenvalue weighted by Gasteiger charge is -2.38. The van der Waals surface area contributed by atoms with E-state index in [4.69, 9.17) is 9.47 Å². The minimum Gasteiger partial charge on any atom is -0.495 e. The highest BCUT2D eigenvalue weighted by molar-refractivity contribution is 7.89. The molecule has 0 aromatic heterocycles. The van der Waals surface area contributed by atoms with Crippen LogP contribution in [0.5, 0.6) is 5.75 Å². The van der Waals surface area contributed by atoms with Gasteiger partial charge in [0.05, 0.1) is 7.11 Å². The van der Waals surface area contributed by atoms with Crippen LogP contribution in [0.15, 0.2) is 47.4 Å². The molecule has 1 aliphatic heterocycles. The van der Waals surface area contributed by atoms with E-state index in [9.17, 15) is 8.42 Å². The van der Waals surface area contributed by atoms with Crippen LogP contribution >= 0.6 is 0 Å². The molecule has 3 rings (SSSR count). The molecule has 0 spiro atoms. The third kappa shape index (κ3) is 4.18. The molecule has 1 fully saturated rings. The van der Waals surface area contributed by atoms with Crippen molar-refractivity contribution in [2.45, 2.75) is 37.0 Å². The molecule has 1 N–H and O–H groups in total. The Morgan fingerprint density at radius 1 is 1.07 bits per heavy atom. The van der Waals surface area contributed by atoms with E-state index in [2.05, 4.69) is 16.9 Å². The largest absolute Gasteiger partial charge is 0.495 e. The highest BCUT2D eigenvalue weighted by Gasteiger charge is 2.36. The Morgan fingerprint density at radius 2 is 1.70 bits per heavy atom. The first kappa shape index (κ1) is 19.9. The maximum atomic E-state index is 13.1. The van der Waals surface area contributed by atoms with Crippen molar-refractivity contribution >= 4 is 10.0 Å². The zero-order valence-electron chi connectivity index (χ0n) is 16.1. The van der Waals surface area contributed by atoms with E-state index in [-0.39, 0.29) is 10.3 Å². The van der Waals surface area contributed by atoms with Gasteiger partial charge >= 0.3 is 0 Å². The van der Waals surface area contributed by atoms with Crippen molar-refractivity contribution in [1.29, 1.82) is 0 Å². The average Bonchev–Trinajstić information content (AvgIpc) is 2.69. The van der Waals surface area contributed by atoms with Gasteiger partial charge in [-0.2, -0.15) is 0 Å². The summed E-state index contributed by atoms with van der Waals surface area (Å²) in [4.78, 5) is 0.184. The van der Waals surface area contributed by atoms with Gasteiger partial charge in [0.15, 0.2) is 0 Å². The van der Waals surface area contributed by atoms with Crippen LogP contribution in [0.4, 0.5) is 0 Å². The van der Waals surface area contributed by atoms with Gasteiger partial charge in [-0.25, -0.2) is 13.1 Å². The molecule has 146 valence electrons. The van der Waals surface area contributed by atoms with Crippen LogP contribution in [-0.2, 0) is 20.2 Å². The standard InChI is InChI=1S/C21H27NO4S/c1-16-13-19(25-3)20(14-17(16)2)27(23,24)22-15-21(9-11-26-12-10-21)18-7-5-4-6-8-18/h4-8,13-14,22H,9-12,15H2,1-3H3. The number of aryl methyl sites for hydroxylation is 2. The second-order valence-electron chi connectivity index (χ2n) is 7.17. The summed E-state index contributed by atoms with van der Waals surface area (Å²) in [5, 5.41) is 0. The van der Waals surface area contributed by atoms with Gasteiger partial charge in [-0.1, -0.05) is 30.3 Å². The molecule has 27 heavy (non-hydrogen) atoms. The molecule has 2 aromatic carbocycles. The molecule has 2 aromatic rings. The van der Waals surface area contributed by atoms with E-state index >= 15 is 0 Å². The second-order valence-corrected chi connectivity index (χ2v) is 8.91. The first-order chi connectivity index (χ1) is 12.9. The van der Waals surface area contributed by atoms with Crippen LogP contribution < -0.4 is 9.46 Å². The van der Waals surface area contributed by atoms with Gasteiger partial charge in [0.1, 0.15) is 10.6 Å². The van der Waals surface area contributed by atoms with Crippen LogP contribution in [0, 0.1) is 13.8 Å². The number of nitrogens with one attached hydrogen (secondary N) is 1. The summed E-state index contributed by atoms with van der Waals surface area (Å²) in [6.45, 7) is 5.43. The van der Waals surface area contributed by atoms with Crippen LogP contribution in [0.25, 0.3) is 0 Å². The Morgan fingerprint density at radius 3 is 2.33 bits per heavy atom. The van der Waals surface area contributed by atoms with Crippen molar-refractivity contribution in [2.24, 2.45) is 0 Å². The van der Waals surface area contributed by atoms with Crippen molar-refractivity contribution in [3.05, 3.63) is 59.2 Å². The van der Waals surface area contributed by atoms with Crippen LogP contribution in [0.1, 0.15) is 29.5 Å². The number of hydrogen-bond acceptors (Lipinski definition) is 4. The van der Waals surface area contributed by atoms with E-state index in [1.165, 1.54) is 7.11 Å². The Balaban J connectivity index is 1.90. The minimum atomic E-state index is -3.70.